The Labute approximate surface area is 185 Å². The molecule has 30 heavy (non-hydrogen) atoms. The number of carbonyl (C=O) groups excluding carboxylic acids is 1. The molecule has 1 aliphatic rings. The van der Waals surface area contributed by atoms with Crippen LogP contribution >= 0.6 is 15.9 Å². The van der Waals surface area contributed by atoms with Crippen molar-refractivity contribution in [2.75, 3.05) is 32.6 Å². The molecule has 7 nitrogen and oxygen atoms in total. The molecule has 0 spiro atoms. The number of nitrogens with zero attached hydrogens (tertiary/aromatic N) is 1. The third-order valence-corrected chi connectivity index (χ3v) is 7.60. The number of benzene rings is 2. The third kappa shape index (κ3) is 4.79. The molecule has 1 amide bonds. The first-order chi connectivity index (χ1) is 14.3. The van der Waals surface area contributed by atoms with E-state index < -0.39 is 15.9 Å². The standard InChI is InChI=1S/C21H25BrN2O5S/c1-14-11-19(28-2)20(29-3)12-18(14)23-21(25)15-5-4-10-24(13-15)30(26,27)17-8-6-16(22)7-9-17/h6-9,11-12,15H,4-5,10,13H2,1-3H3,(H,23,25). The summed E-state index contributed by atoms with van der Waals surface area (Å²) in [7, 11) is -0.564. The molecule has 0 saturated carbocycles. The van der Waals surface area contributed by atoms with Crippen molar-refractivity contribution in [3.05, 3.63) is 46.4 Å². The highest BCUT2D eigenvalue weighted by Gasteiger charge is 2.33. The summed E-state index contributed by atoms with van der Waals surface area (Å²) in [6.45, 7) is 2.41. The van der Waals surface area contributed by atoms with E-state index in [9.17, 15) is 13.2 Å². The number of methoxy groups -OCH3 is 2. The highest BCUT2D eigenvalue weighted by atomic mass is 79.9. The number of aryl methyl sites for hydroxylation is 1. The summed E-state index contributed by atoms with van der Waals surface area (Å²) >= 11 is 3.32. The Kier molecular flexibility index (Phi) is 7.05. The Balaban J connectivity index is 1.75. The lowest BCUT2D eigenvalue weighted by Crippen LogP contribution is -2.43. The fourth-order valence-corrected chi connectivity index (χ4v) is 5.27. The molecule has 0 bridgehead atoms. The zero-order valence-corrected chi connectivity index (χ0v) is 19.5. The molecule has 1 unspecified atom stereocenters. The van der Waals surface area contributed by atoms with Gasteiger partial charge >= 0.3 is 0 Å². The smallest absolute Gasteiger partial charge is 0.243 e. The second-order valence-electron chi connectivity index (χ2n) is 7.17. The number of carbonyl (C=O) groups is 1. The van der Waals surface area contributed by atoms with Crippen LogP contribution in [0, 0.1) is 12.8 Å². The van der Waals surface area contributed by atoms with E-state index in [1.54, 1.807) is 43.5 Å². The third-order valence-electron chi connectivity index (χ3n) is 5.19. The van der Waals surface area contributed by atoms with Gasteiger partial charge in [0.15, 0.2) is 11.5 Å². The summed E-state index contributed by atoms with van der Waals surface area (Å²) in [6, 6.07) is 10.0. The molecule has 9 heteroatoms. The van der Waals surface area contributed by atoms with Crippen molar-refractivity contribution in [2.45, 2.75) is 24.7 Å². The molecule has 3 rings (SSSR count). The molecule has 2 aromatic carbocycles. The van der Waals surface area contributed by atoms with Crippen molar-refractivity contribution in [1.82, 2.24) is 4.31 Å². The van der Waals surface area contributed by atoms with Gasteiger partial charge in [0.1, 0.15) is 0 Å². The number of hydrogen-bond acceptors (Lipinski definition) is 5. The van der Waals surface area contributed by atoms with E-state index in [2.05, 4.69) is 21.2 Å². The van der Waals surface area contributed by atoms with Crippen LogP contribution in [-0.4, -0.2) is 45.9 Å². The SMILES string of the molecule is COc1cc(C)c(NC(=O)C2CCCN(S(=O)(=O)c3ccc(Br)cc3)C2)cc1OC. The molecular weight excluding hydrogens is 472 g/mol. The average molecular weight is 497 g/mol. The minimum Gasteiger partial charge on any atom is -0.493 e. The van der Waals surface area contributed by atoms with Crippen molar-refractivity contribution < 1.29 is 22.7 Å². The predicted molar refractivity (Wildman–Crippen MR) is 119 cm³/mol. The zero-order valence-electron chi connectivity index (χ0n) is 17.1. The van der Waals surface area contributed by atoms with Crippen LogP contribution in [0.3, 0.4) is 0 Å². The van der Waals surface area contributed by atoms with E-state index in [0.717, 1.165) is 10.0 Å². The van der Waals surface area contributed by atoms with Gasteiger partial charge in [-0.15, -0.1) is 0 Å². The van der Waals surface area contributed by atoms with E-state index in [4.69, 9.17) is 9.47 Å². The Bertz CT molecular complexity index is 1020. The largest absolute Gasteiger partial charge is 0.493 e. The Morgan fingerprint density at radius 1 is 1.13 bits per heavy atom. The normalized spacial score (nSPS) is 17.4. The number of amides is 1. The van der Waals surface area contributed by atoms with Crippen molar-refractivity contribution in [3.8, 4) is 11.5 Å². The first-order valence-electron chi connectivity index (χ1n) is 9.55. The maximum Gasteiger partial charge on any atom is 0.243 e. The lowest BCUT2D eigenvalue weighted by molar-refractivity contribution is -0.120. The molecule has 1 atom stereocenters. The van der Waals surface area contributed by atoms with Crippen LogP contribution in [0.5, 0.6) is 11.5 Å². The van der Waals surface area contributed by atoms with E-state index >= 15 is 0 Å². The zero-order chi connectivity index (χ0) is 21.9. The van der Waals surface area contributed by atoms with E-state index in [1.807, 2.05) is 6.92 Å². The van der Waals surface area contributed by atoms with Crippen LogP contribution in [-0.2, 0) is 14.8 Å². The fourth-order valence-electron chi connectivity index (χ4n) is 3.48. The number of hydrogen-bond donors (Lipinski definition) is 1. The maximum atomic E-state index is 13.0. The summed E-state index contributed by atoms with van der Waals surface area (Å²) in [5.74, 6) is 0.455. The van der Waals surface area contributed by atoms with E-state index in [1.165, 1.54) is 11.4 Å². The molecule has 1 saturated heterocycles. The van der Waals surface area contributed by atoms with Gasteiger partial charge in [0.05, 0.1) is 25.0 Å². The van der Waals surface area contributed by atoms with Crippen LogP contribution in [0.4, 0.5) is 5.69 Å². The van der Waals surface area contributed by atoms with Gasteiger partial charge < -0.3 is 14.8 Å². The van der Waals surface area contributed by atoms with Crippen molar-refractivity contribution in [3.63, 3.8) is 0 Å². The number of ether oxygens (including phenoxy) is 2. The first kappa shape index (κ1) is 22.6. The first-order valence-corrected chi connectivity index (χ1v) is 11.8. The van der Waals surface area contributed by atoms with Gasteiger partial charge in [0, 0.05) is 29.3 Å². The highest BCUT2D eigenvalue weighted by Crippen LogP contribution is 2.33. The second-order valence-corrected chi connectivity index (χ2v) is 10.0. The molecule has 1 N–H and O–H groups in total. The van der Waals surface area contributed by atoms with Crippen molar-refractivity contribution in [2.24, 2.45) is 5.92 Å². The minimum absolute atomic E-state index is 0.149. The number of rotatable bonds is 6. The summed E-state index contributed by atoms with van der Waals surface area (Å²) in [4.78, 5) is 13.1. The number of nitrogens with one attached hydrogen (secondary N) is 1. The summed E-state index contributed by atoms with van der Waals surface area (Å²) in [5.41, 5.74) is 1.45. The highest BCUT2D eigenvalue weighted by molar-refractivity contribution is 9.10. The van der Waals surface area contributed by atoms with Gasteiger partial charge in [0.2, 0.25) is 15.9 Å². The van der Waals surface area contributed by atoms with Crippen LogP contribution < -0.4 is 14.8 Å². The predicted octanol–water partition coefficient (Wildman–Crippen LogP) is 3.81. The monoisotopic (exact) mass is 496 g/mol. The van der Waals surface area contributed by atoms with Crippen LogP contribution in [0.25, 0.3) is 0 Å². The molecule has 0 radical (unpaired) electrons. The van der Waals surface area contributed by atoms with Gasteiger partial charge in [-0.05, 0) is 55.7 Å². The van der Waals surface area contributed by atoms with Gasteiger partial charge in [0.25, 0.3) is 0 Å². The molecule has 0 aliphatic carbocycles. The summed E-state index contributed by atoms with van der Waals surface area (Å²) < 4.78 is 38.8. The topological polar surface area (TPSA) is 84.9 Å². The molecule has 1 aliphatic heterocycles. The quantitative estimate of drug-likeness (QED) is 0.656. The molecular formula is C21H25BrN2O5S. The number of anilines is 1. The second kappa shape index (κ2) is 9.36. The van der Waals surface area contributed by atoms with Gasteiger partial charge in [-0.25, -0.2) is 8.42 Å². The van der Waals surface area contributed by atoms with Gasteiger partial charge in [-0.2, -0.15) is 4.31 Å². The molecule has 1 fully saturated rings. The van der Waals surface area contributed by atoms with E-state index in [0.29, 0.717) is 36.6 Å². The van der Waals surface area contributed by atoms with Crippen LogP contribution in [0.15, 0.2) is 45.8 Å². The summed E-state index contributed by atoms with van der Waals surface area (Å²) in [5, 5.41) is 2.92. The minimum atomic E-state index is -3.65. The Morgan fingerprint density at radius 2 is 1.77 bits per heavy atom. The summed E-state index contributed by atoms with van der Waals surface area (Å²) in [6.07, 6.45) is 1.25. The van der Waals surface area contributed by atoms with Crippen molar-refractivity contribution >= 4 is 37.5 Å². The average Bonchev–Trinajstić information content (AvgIpc) is 2.75. The van der Waals surface area contributed by atoms with Gasteiger partial charge in [-0.1, -0.05) is 15.9 Å². The van der Waals surface area contributed by atoms with Crippen molar-refractivity contribution in [1.29, 1.82) is 0 Å². The van der Waals surface area contributed by atoms with E-state index in [-0.39, 0.29) is 17.3 Å². The molecule has 0 aromatic heterocycles. The van der Waals surface area contributed by atoms with Crippen LogP contribution in [0.2, 0.25) is 0 Å². The molecule has 1 heterocycles. The maximum absolute atomic E-state index is 13.0. The Hall–Kier alpha value is -2.10. The van der Waals surface area contributed by atoms with Gasteiger partial charge in [-0.3, -0.25) is 4.79 Å². The lowest BCUT2D eigenvalue weighted by Gasteiger charge is -2.31. The number of sulfonamides is 1. The fraction of sp³-hybridized carbons (Fsp3) is 0.381. The lowest BCUT2D eigenvalue weighted by atomic mass is 9.98. The van der Waals surface area contributed by atoms with Crippen LogP contribution in [0.1, 0.15) is 18.4 Å². The Morgan fingerprint density at radius 3 is 2.40 bits per heavy atom. The molecule has 162 valence electrons. The number of halogens is 1. The number of piperidine rings is 1. The molecule has 2 aromatic rings.